The molecular formula is C15H29N3O. The number of hydrogen-bond acceptors (Lipinski definition) is 3. The highest BCUT2D eigenvalue weighted by atomic mass is 16.2. The van der Waals surface area contributed by atoms with Crippen molar-refractivity contribution in [2.24, 2.45) is 11.7 Å². The summed E-state index contributed by atoms with van der Waals surface area (Å²) in [6.07, 6.45) is 6.23. The maximum atomic E-state index is 12.5. The lowest BCUT2D eigenvalue weighted by Crippen LogP contribution is -2.60. The van der Waals surface area contributed by atoms with E-state index in [0.717, 1.165) is 45.3 Å². The van der Waals surface area contributed by atoms with Crippen molar-refractivity contribution in [3.63, 3.8) is 0 Å². The summed E-state index contributed by atoms with van der Waals surface area (Å²) < 4.78 is 0. The van der Waals surface area contributed by atoms with Crippen LogP contribution in [0.4, 0.5) is 0 Å². The molecule has 1 saturated heterocycles. The minimum Gasteiger partial charge on any atom is -0.350 e. The van der Waals surface area contributed by atoms with Crippen LogP contribution in [-0.4, -0.2) is 42.0 Å². The summed E-state index contributed by atoms with van der Waals surface area (Å²) >= 11 is 0. The van der Waals surface area contributed by atoms with Gasteiger partial charge in [0, 0.05) is 12.6 Å². The zero-order valence-corrected chi connectivity index (χ0v) is 12.5. The molecule has 1 aliphatic carbocycles. The summed E-state index contributed by atoms with van der Waals surface area (Å²) in [7, 11) is 0. The second-order valence-corrected chi connectivity index (χ2v) is 6.56. The number of hydrogen-bond donors (Lipinski definition) is 2. The first-order valence-electron chi connectivity index (χ1n) is 7.85. The van der Waals surface area contributed by atoms with Crippen LogP contribution in [0, 0.1) is 5.92 Å². The number of nitrogens with two attached hydrogens (primary N) is 1. The molecule has 1 amide bonds. The van der Waals surface area contributed by atoms with Crippen molar-refractivity contribution in [1.29, 1.82) is 0 Å². The van der Waals surface area contributed by atoms with E-state index < -0.39 is 5.54 Å². The van der Waals surface area contributed by atoms with Gasteiger partial charge < -0.3 is 16.0 Å². The number of piperidine rings is 1. The summed E-state index contributed by atoms with van der Waals surface area (Å²) in [5, 5.41) is 3.21. The molecule has 110 valence electrons. The lowest BCUT2D eigenvalue weighted by atomic mass is 9.76. The van der Waals surface area contributed by atoms with Crippen LogP contribution in [0.1, 0.15) is 52.4 Å². The minimum absolute atomic E-state index is 0.0852. The van der Waals surface area contributed by atoms with Crippen LogP contribution in [0.3, 0.4) is 0 Å². The highest BCUT2D eigenvalue weighted by Crippen LogP contribution is 2.30. The Hall–Kier alpha value is -0.610. The van der Waals surface area contributed by atoms with Crippen molar-refractivity contribution < 1.29 is 4.79 Å². The number of carbonyl (C=O) groups excluding carboxylic acids is 1. The molecule has 1 heterocycles. The summed E-state index contributed by atoms with van der Waals surface area (Å²) in [5.74, 6) is 0.657. The van der Waals surface area contributed by atoms with Gasteiger partial charge >= 0.3 is 0 Å². The van der Waals surface area contributed by atoms with E-state index in [0.29, 0.717) is 12.0 Å². The quantitative estimate of drug-likeness (QED) is 0.814. The van der Waals surface area contributed by atoms with Gasteiger partial charge in [0.2, 0.25) is 5.91 Å². The normalized spacial score (nSPS) is 37.0. The molecule has 2 rings (SSSR count). The van der Waals surface area contributed by atoms with Crippen LogP contribution < -0.4 is 11.1 Å². The molecule has 2 aliphatic rings. The highest BCUT2D eigenvalue weighted by molar-refractivity contribution is 5.86. The molecule has 4 nitrogen and oxygen atoms in total. The Labute approximate surface area is 117 Å². The van der Waals surface area contributed by atoms with E-state index in [1.165, 1.54) is 12.8 Å². The average molecular weight is 267 g/mol. The van der Waals surface area contributed by atoms with Crippen molar-refractivity contribution in [2.75, 3.05) is 19.6 Å². The first-order chi connectivity index (χ1) is 9.03. The molecule has 3 N–H and O–H groups in total. The smallest absolute Gasteiger partial charge is 0.240 e. The van der Waals surface area contributed by atoms with E-state index in [1.807, 2.05) is 0 Å². The zero-order valence-electron chi connectivity index (χ0n) is 12.5. The van der Waals surface area contributed by atoms with Gasteiger partial charge in [-0.05, 0) is 44.7 Å². The Balaban J connectivity index is 1.89. The van der Waals surface area contributed by atoms with Crippen molar-refractivity contribution in [3.8, 4) is 0 Å². The number of amides is 1. The molecule has 19 heavy (non-hydrogen) atoms. The van der Waals surface area contributed by atoms with E-state index in [4.69, 9.17) is 5.73 Å². The number of likely N-dealkylation sites (tertiary alicyclic amines) is 1. The Kier molecular flexibility index (Phi) is 4.85. The SMILES string of the molecule is CCN1CCCC(NC(=O)C2(N)CCCC(C)C2)C1. The number of nitrogens with one attached hydrogen (secondary N) is 1. The van der Waals surface area contributed by atoms with Crippen molar-refractivity contribution in [3.05, 3.63) is 0 Å². The minimum atomic E-state index is -0.619. The fourth-order valence-corrected chi connectivity index (χ4v) is 3.59. The number of likely N-dealkylation sites (N-methyl/N-ethyl adjacent to an activating group) is 1. The second kappa shape index (κ2) is 6.23. The molecular weight excluding hydrogens is 238 g/mol. The number of nitrogens with zero attached hydrogens (tertiary/aromatic N) is 1. The third kappa shape index (κ3) is 3.69. The van der Waals surface area contributed by atoms with Crippen LogP contribution >= 0.6 is 0 Å². The van der Waals surface area contributed by atoms with E-state index in [2.05, 4.69) is 24.1 Å². The van der Waals surface area contributed by atoms with Crippen LogP contribution in [0.25, 0.3) is 0 Å². The van der Waals surface area contributed by atoms with Gasteiger partial charge in [0.15, 0.2) is 0 Å². The standard InChI is InChI=1S/C15H29N3O/c1-3-18-9-5-7-13(11-18)17-14(19)15(16)8-4-6-12(2)10-15/h12-13H,3-11,16H2,1-2H3,(H,17,19). The summed E-state index contributed by atoms with van der Waals surface area (Å²) in [4.78, 5) is 14.9. The molecule has 0 bridgehead atoms. The molecule has 0 aromatic rings. The number of carbonyl (C=O) groups is 1. The Morgan fingerprint density at radius 3 is 2.89 bits per heavy atom. The van der Waals surface area contributed by atoms with Crippen molar-refractivity contribution in [1.82, 2.24) is 10.2 Å². The lowest BCUT2D eigenvalue weighted by molar-refractivity contribution is -0.129. The molecule has 0 aromatic heterocycles. The summed E-state index contributed by atoms with van der Waals surface area (Å²) in [5.41, 5.74) is 5.73. The molecule has 4 heteroatoms. The molecule has 1 saturated carbocycles. The maximum Gasteiger partial charge on any atom is 0.240 e. The van der Waals surface area contributed by atoms with E-state index in [9.17, 15) is 4.79 Å². The van der Waals surface area contributed by atoms with E-state index in [-0.39, 0.29) is 5.91 Å². The maximum absolute atomic E-state index is 12.5. The summed E-state index contributed by atoms with van der Waals surface area (Å²) in [6.45, 7) is 7.59. The van der Waals surface area contributed by atoms with Gasteiger partial charge in [0.1, 0.15) is 0 Å². The highest BCUT2D eigenvalue weighted by Gasteiger charge is 2.38. The third-order valence-electron chi connectivity index (χ3n) is 4.77. The van der Waals surface area contributed by atoms with Crippen LogP contribution in [-0.2, 0) is 4.79 Å². The van der Waals surface area contributed by atoms with Gasteiger partial charge in [-0.2, -0.15) is 0 Å². The molecule has 3 atom stereocenters. The Morgan fingerprint density at radius 2 is 2.21 bits per heavy atom. The Morgan fingerprint density at radius 1 is 1.42 bits per heavy atom. The van der Waals surface area contributed by atoms with E-state index in [1.54, 1.807) is 0 Å². The molecule has 2 fully saturated rings. The van der Waals surface area contributed by atoms with E-state index >= 15 is 0 Å². The lowest BCUT2D eigenvalue weighted by Gasteiger charge is -2.38. The van der Waals surface area contributed by atoms with Gasteiger partial charge in [-0.25, -0.2) is 0 Å². The zero-order chi connectivity index (χ0) is 13.9. The predicted octanol–water partition coefficient (Wildman–Crippen LogP) is 1.49. The summed E-state index contributed by atoms with van der Waals surface area (Å²) in [6, 6.07) is 0.291. The van der Waals surface area contributed by atoms with Gasteiger partial charge in [0.05, 0.1) is 5.54 Å². The van der Waals surface area contributed by atoms with Gasteiger partial charge in [-0.1, -0.05) is 26.7 Å². The Bertz CT molecular complexity index is 321. The number of rotatable bonds is 3. The largest absolute Gasteiger partial charge is 0.350 e. The van der Waals surface area contributed by atoms with Gasteiger partial charge in [-0.3, -0.25) is 4.79 Å². The predicted molar refractivity (Wildman–Crippen MR) is 77.8 cm³/mol. The second-order valence-electron chi connectivity index (χ2n) is 6.56. The van der Waals surface area contributed by atoms with Crippen LogP contribution in [0.15, 0.2) is 0 Å². The molecule has 0 radical (unpaired) electrons. The first kappa shape index (κ1) is 14.8. The van der Waals surface area contributed by atoms with Crippen molar-refractivity contribution >= 4 is 5.91 Å². The third-order valence-corrected chi connectivity index (χ3v) is 4.77. The molecule has 3 unspecified atom stereocenters. The first-order valence-corrected chi connectivity index (χ1v) is 7.85. The fourth-order valence-electron chi connectivity index (χ4n) is 3.59. The average Bonchev–Trinajstić information content (AvgIpc) is 2.38. The topological polar surface area (TPSA) is 58.4 Å². The van der Waals surface area contributed by atoms with Crippen LogP contribution in [0.2, 0.25) is 0 Å². The fraction of sp³-hybridized carbons (Fsp3) is 0.933. The van der Waals surface area contributed by atoms with Crippen LogP contribution in [0.5, 0.6) is 0 Å². The molecule has 0 spiro atoms. The van der Waals surface area contributed by atoms with Crippen molar-refractivity contribution in [2.45, 2.75) is 64.0 Å². The molecule has 1 aliphatic heterocycles. The monoisotopic (exact) mass is 267 g/mol. The van der Waals surface area contributed by atoms with Gasteiger partial charge in [-0.15, -0.1) is 0 Å². The van der Waals surface area contributed by atoms with Gasteiger partial charge in [0.25, 0.3) is 0 Å². The molecule has 0 aromatic carbocycles.